The fourth-order valence-electron chi connectivity index (χ4n) is 11.0. The van der Waals surface area contributed by atoms with Gasteiger partial charge in [0.2, 0.25) is 35.3 Å². The number of carbonyl (C=O) groups excluding carboxylic acids is 10. The third kappa shape index (κ3) is 14.1. The van der Waals surface area contributed by atoms with E-state index >= 15 is 0 Å². The van der Waals surface area contributed by atoms with E-state index in [4.69, 9.17) is 14.2 Å². The van der Waals surface area contributed by atoms with E-state index in [2.05, 4.69) is 16.0 Å². The van der Waals surface area contributed by atoms with Crippen molar-refractivity contribution >= 4 is 59.1 Å². The number of Topliss-reactive ketones (excluding diaryl/α,β-unsaturated/α-hetero) is 1. The lowest BCUT2D eigenvalue weighted by atomic mass is 9.92. The third-order valence-corrected chi connectivity index (χ3v) is 15.5. The van der Waals surface area contributed by atoms with Gasteiger partial charge >= 0.3 is 11.9 Å². The molecule has 0 aliphatic carbocycles. The zero-order chi connectivity index (χ0) is 56.5. The van der Waals surface area contributed by atoms with Gasteiger partial charge < -0.3 is 54.9 Å². The Hall–Kier alpha value is -6.12. The van der Waals surface area contributed by atoms with Crippen LogP contribution in [0, 0.1) is 23.7 Å². The van der Waals surface area contributed by atoms with Crippen molar-refractivity contribution in [2.45, 2.75) is 194 Å². The van der Waals surface area contributed by atoms with Gasteiger partial charge in [-0.15, -0.1) is 0 Å². The smallest absolute Gasteiger partial charge is 0.329 e. The number of likely N-dealkylation sites (N-methyl/N-ethyl adjacent to an activating group) is 1. The molecule has 7 amide bonds. The van der Waals surface area contributed by atoms with E-state index in [0.717, 1.165) is 6.92 Å². The highest BCUT2D eigenvalue weighted by Crippen LogP contribution is 2.40. The molecule has 0 bridgehead atoms. The van der Waals surface area contributed by atoms with Crippen LogP contribution in [0.2, 0.25) is 0 Å². The topological polar surface area (TPSA) is 268 Å². The minimum Gasteiger partial charge on any atom is -0.497 e. The van der Waals surface area contributed by atoms with Crippen molar-refractivity contribution in [3.8, 4) is 5.75 Å². The van der Waals surface area contributed by atoms with Crippen LogP contribution in [0.1, 0.15) is 133 Å². The first-order valence-corrected chi connectivity index (χ1v) is 27.1. The second-order valence-corrected chi connectivity index (χ2v) is 22.4. The average Bonchev–Trinajstić information content (AvgIpc) is 4.12. The number of nitrogens with one attached hydrogen (secondary N) is 3. The molecule has 1 aromatic rings. The van der Waals surface area contributed by atoms with E-state index in [1.807, 2.05) is 27.7 Å². The molecule has 4 heterocycles. The highest BCUT2D eigenvalue weighted by atomic mass is 16.6. The summed E-state index contributed by atoms with van der Waals surface area (Å²) >= 11 is 0. The van der Waals surface area contributed by atoms with Crippen LogP contribution < -0.4 is 20.7 Å². The number of ether oxygens (including phenoxy) is 3. The molecule has 4 aliphatic rings. The molecule has 4 N–H and O–H groups in total. The van der Waals surface area contributed by atoms with E-state index in [1.165, 1.54) is 40.7 Å². The van der Waals surface area contributed by atoms with Crippen molar-refractivity contribution in [3.05, 3.63) is 29.8 Å². The maximum atomic E-state index is 15.0. The summed E-state index contributed by atoms with van der Waals surface area (Å²) in [6, 6.07) is -0.857. The van der Waals surface area contributed by atoms with E-state index in [1.54, 1.807) is 52.0 Å². The van der Waals surface area contributed by atoms with Crippen molar-refractivity contribution < 1.29 is 67.3 Å². The lowest BCUT2D eigenvalue weighted by molar-refractivity contribution is -0.162. The molecule has 0 unspecified atom stereocenters. The van der Waals surface area contributed by atoms with Crippen LogP contribution >= 0.6 is 0 Å². The van der Waals surface area contributed by atoms with Gasteiger partial charge in [0, 0.05) is 40.0 Å². The predicted molar refractivity (Wildman–Crippen MR) is 278 cm³/mol. The Labute approximate surface area is 447 Å². The van der Waals surface area contributed by atoms with Gasteiger partial charge in [-0.1, -0.05) is 73.9 Å². The largest absolute Gasteiger partial charge is 0.497 e. The Morgan fingerprint density at radius 2 is 1.54 bits per heavy atom. The maximum absolute atomic E-state index is 15.0. The number of nitrogens with zero attached hydrogens (tertiary/aromatic N) is 4. The molecule has 0 saturated carbocycles. The van der Waals surface area contributed by atoms with Gasteiger partial charge in [0.25, 0.3) is 11.8 Å². The van der Waals surface area contributed by atoms with Crippen LogP contribution in [0.15, 0.2) is 24.3 Å². The first-order chi connectivity index (χ1) is 35.8. The summed E-state index contributed by atoms with van der Waals surface area (Å²) in [5.41, 5.74) is -0.740. The van der Waals surface area contributed by atoms with Crippen LogP contribution in [-0.2, 0) is 63.8 Å². The van der Waals surface area contributed by atoms with Gasteiger partial charge in [-0.25, -0.2) is 4.79 Å². The van der Waals surface area contributed by atoms with E-state index in [9.17, 15) is 53.1 Å². The Balaban J connectivity index is 1.61. The van der Waals surface area contributed by atoms with Crippen LogP contribution in [0.25, 0.3) is 0 Å². The summed E-state index contributed by atoms with van der Waals surface area (Å²) in [5, 5.41) is 20.2. The second kappa shape index (κ2) is 26.3. The molecule has 422 valence electrons. The van der Waals surface area contributed by atoms with Crippen LogP contribution in [0.3, 0.4) is 0 Å². The quantitative estimate of drug-likeness (QED) is 0.154. The van der Waals surface area contributed by atoms with Gasteiger partial charge in [0.1, 0.15) is 47.6 Å². The SMILES string of the molecule is CC[C@H](C)[C@H]1NC(=O)[C@@H](NC(=O)[C@@H](CC(C)C)N2CC[C@]3(CCCN3C(=O)C(C)=O)C2=O)[C@@H](C)OC(=O)[C@H](Cc2ccc(OC)cc2)N(C)C(=O)[C@@H]2CCCN2C(=O)[C@H](CC(C)C)NC(=O)[C@H](C(C)C)OC(=O)C[C@@H]1O. The first-order valence-electron chi connectivity index (χ1n) is 27.1. The molecule has 0 aromatic heterocycles. The van der Waals surface area contributed by atoms with E-state index in [-0.39, 0.29) is 70.0 Å². The number of benzene rings is 1. The molecule has 4 fully saturated rings. The van der Waals surface area contributed by atoms with E-state index in [0.29, 0.717) is 30.6 Å². The number of fused-ring (bicyclic) bond motifs is 1. The number of rotatable bonds is 14. The number of aliphatic hydroxyl groups excluding tert-OH is 1. The van der Waals surface area contributed by atoms with Crippen molar-refractivity contribution in [1.82, 2.24) is 35.6 Å². The zero-order valence-electron chi connectivity index (χ0n) is 46.6. The lowest BCUT2D eigenvalue weighted by Gasteiger charge is -2.36. The molecule has 21 heteroatoms. The molecule has 5 rings (SSSR count). The van der Waals surface area contributed by atoms with Gasteiger partial charge in [-0.05, 0) is 93.2 Å². The fourth-order valence-corrected chi connectivity index (χ4v) is 11.0. The average molecular weight is 1070 g/mol. The van der Waals surface area contributed by atoms with Crippen LogP contribution in [0.4, 0.5) is 0 Å². The Bertz CT molecular complexity index is 2310. The van der Waals surface area contributed by atoms with Gasteiger partial charge in [-0.3, -0.25) is 43.2 Å². The maximum Gasteiger partial charge on any atom is 0.329 e. The predicted octanol–water partition coefficient (Wildman–Crippen LogP) is 2.46. The first kappa shape index (κ1) is 60.7. The van der Waals surface area contributed by atoms with Crippen molar-refractivity contribution in [3.63, 3.8) is 0 Å². The Morgan fingerprint density at radius 3 is 2.13 bits per heavy atom. The molecular formula is C55H83N7O14. The number of hydrogen-bond acceptors (Lipinski definition) is 14. The minimum absolute atomic E-state index is 0.0558. The summed E-state index contributed by atoms with van der Waals surface area (Å²) in [4.78, 5) is 147. The molecule has 21 nitrogen and oxygen atoms in total. The number of esters is 2. The van der Waals surface area contributed by atoms with Crippen molar-refractivity contribution in [1.29, 1.82) is 0 Å². The monoisotopic (exact) mass is 1070 g/mol. The minimum atomic E-state index is -1.72. The third-order valence-electron chi connectivity index (χ3n) is 15.5. The number of ketones is 1. The number of aliphatic hydroxyl groups is 1. The molecule has 4 aliphatic heterocycles. The number of amides is 7. The van der Waals surface area contributed by atoms with Crippen LogP contribution in [-0.4, -0.2) is 178 Å². The van der Waals surface area contributed by atoms with Gasteiger partial charge in [0.15, 0.2) is 6.10 Å². The molecule has 4 saturated heterocycles. The summed E-state index contributed by atoms with van der Waals surface area (Å²) in [6.07, 6.45) is -3.04. The van der Waals surface area contributed by atoms with Gasteiger partial charge in [-0.2, -0.15) is 0 Å². The standard InChI is InChI=1S/C55H83N7O14/c1-13-33(8)44-42(64)29-43(65)76-46(32(6)7)49(68)56-38(26-30(2)3)51(70)60-23-14-16-39(60)52(71)59(11)41(28-36-17-19-37(74-12)20-18-36)53(72)75-35(10)45(48(67)57-44)58-47(66)40(27-31(4)5)61-25-22-55(54(61)73)21-15-24-62(55)50(69)34(9)63/h17-20,30-33,35,38-42,44-46,64H,13-16,21-29H2,1-12H3,(H,56,68)(H,57,67)(H,58,66)/t33-,35+,38-,39-,40+,41-,42-,44+,45-,46-,55+/m0/s1. The number of cyclic esters (lactones) is 2. The highest BCUT2D eigenvalue weighted by Gasteiger charge is 2.57. The molecule has 1 aromatic carbocycles. The zero-order valence-corrected chi connectivity index (χ0v) is 46.6. The molecule has 1 spiro atoms. The van der Waals surface area contributed by atoms with Crippen molar-refractivity contribution in [2.24, 2.45) is 23.7 Å². The summed E-state index contributed by atoms with van der Waals surface area (Å²) in [5.74, 6) is -8.41. The Morgan fingerprint density at radius 1 is 0.868 bits per heavy atom. The fraction of sp³-hybridized carbons (Fsp3) is 0.709. The van der Waals surface area contributed by atoms with Crippen LogP contribution in [0.5, 0.6) is 5.75 Å². The normalized spacial score (nSPS) is 28.5. The summed E-state index contributed by atoms with van der Waals surface area (Å²) in [6.45, 7) is 17.2. The summed E-state index contributed by atoms with van der Waals surface area (Å²) in [7, 11) is 2.92. The molecule has 76 heavy (non-hydrogen) atoms. The number of likely N-dealkylation sites (tertiary alicyclic amines) is 2. The number of hydrogen-bond donors (Lipinski definition) is 4. The number of carbonyl (C=O) groups is 10. The molecule has 11 atom stereocenters. The Kier molecular flexibility index (Phi) is 21.0. The van der Waals surface area contributed by atoms with Crippen molar-refractivity contribution in [2.75, 3.05) is 33.8 Å². The highest BCUT2D eigenvalue weighted by molar-refractivity contribution is 6.35. The van der Waals surface area contributed by atoms with Gasteiger partial charge in [0.05, 0.1) is 25.7 Å². The molecule has 0 radical (unpaired) electrons. The summed E-state index contributed by atoms with van der Waals surface area (Å²) < 4.78 is 17.3. The lowest BCUT2D eigenvalue weighted by Crippen LogP contribution is -2.62. The van der Waals surface area contributed by atoms with E-state index < -0.39 is 137 Å². The number of methoxy groups -OCH3 is 1. The second-order valence-electron chi connectivity index (χ2n) is 22.4. The molecular weight excluding hydrogens is 983 g/mol.